The fourth-order valence-electron chi connectivity index (χ4n) is 5.05. The van der Waals surface area contributed by atoms with Crippen molar-refractivity contribution in [3.63, 3.8) is 0 Å². The van der Waals surface area contributed by atoms with Gasteiger partial charge in [-0.3, -0.25) is 4.79 Å². The lowest BCUT2D eigenvalue weighted by Crippen LogP contribution is -2.46. The maximum absolute atomic E-state index is 11.9. The van der Waals surface area contributed by atoms with E-state index in [1.807, 2.05) is 58.9 Å². The molecule has 0 aliphatic carbocycles. The molecule has 0 aliphatic rings. The summed E-state index contributed by atoms with van der Waals surface area (Å²) in [6.07, 6.45) is 11.5. The second-order valence-corrected chi connectivity index (χ2v) is 14.2. The molecule has 7 nitrogen and oxygen atoms in total. The number of benzene rings is 2. The first kappa shape index (κ1) is 38.9. The number of rotatable bonds is 27. The monoisotopic (exact) mass is 644 g/mol. The summed E-state index contributed by atoms with van der Waals surface area (Å²) in [4.78, 5) is 11.9. The molecule has 2 rings (SSSR count). The number of unbranched alkanes of at least 4 members (excludes halogenated alkanes) is 7. The Balaban J connectivity index is 1.47. The highest BCUT2D eigenvalue weighted by Gasteiger charge is 2.39. The topological polar surface area (TPSA) is 72.5 Å². The first-order valence-corrected chi connectivity index (χ1v) is 19.4. The number of ether oxygens (including phenoxy) is 3. The summed E-state index contributed by atoms with van der Waals surface area (Å²) in [6, 6.07) is 17.3. The van der Waals surface area contributed by atoms with Gasteiger partial charge in [-0.05, 0) is 75.3 Å². The van der Waals surface area contributed by atoms with Crippen LogP contribution in [0.2, 0.25) is 6.04 Å². The van der Waals surface area contributed by atoms with Gasteiger partial charge in [-0.1, -0.05) is 88.8 Å². The molecular weight excluding hydrogens is 584 g/mol. The molecule has 2 aromatic carbocycles. The molecule has 2 aromatic rings. The summed E-state index contributed by atoms with van der Waals surface area (Å²) < 4.78 is 34.9. The van der Waals surface area contributed by atoms with E-state index in [0.717, 1.165) is 74.0 Å². The first-order valence-electron chi connectivity index (χ1n) is 17.4. The minimum atomic E-state index is -2.54. The van der Waals surface area contributed by atoms with Crippen LogP contribution in [-0.2, 0) is 34.2 Å². The fraction of sp³-hybridized carbons (Fsp3) is 0.649. The van der Waals surface area contributed by atoms with Gasteiger partial charge in [-0.25, -0.2) is 0 Å². The maximum atomic E-state index is 11.9. The van der Waals surface area contributed by atoms with E-state index < -0.39 is 8.80 Å². The van der Waals surface area contributed by atoms with E-state index >= 15 is 0 Å². The molecule has 254 valence electrons. The Labute approximate surface area is 274 Å². The zero-order valence-electron chi connectivity index (χ0n) is 28.8. The van der Waals surface area contributed by atoms with E-state index in [1.165, 1.54) is 38.5 Å². The van der Waals surface area contributed by atoms with Gasteiger partial charge in [0.1, 0.15) is 12.4 Å². The summed E-state index contributed by atoms with van der Waals surface area (Å²) in [5, 5.41) is 0. The molecule has 1 atom stereocenters. The van der Waals surface area contributed by atoms with Crippen LogP contribution in [-0.4, -0.2) is 54.4 Å². The van der Waals surface area contributed by atoms with Crippen molar-refractivity contribution in [2.24, 2.45) is 5.92 Å². The molecule has 0 aliphatic heterocycles. The van der Waals surface area contributed by atoms with E-state index in [1.54, 1.807) is 0 Å². The third-order valence-electron chi connectivity index (χ3n) is 7.85. The highest BCUT2D eigenvalue weighted by molar-refractivity contribution is 6.60. The van der Waals surface area contributed by atoms with Crippen LogP contribution in [0.5, 0.6) is 5.75 Å². The minimum Gasteiger partial charge on any atom is -0.494 e. The molecule has 0 radical (unpaired) electrons. The van der Waals surface area contributed by atoms with Crippen molar-refractivity contribution in [3.05, 3.63) is 54.1 Å². The molecule has 8 heteroatoms. The van der Waals surface area contributed by atoms with Gasteiger partial charge in [0, 0.05) is 39.1 Å². The van der Waals surface area contributed by atoms with Gasteiger partial charge in [-0.2, -0.15) is 0 Å². The Bertz CT molecular complexity index is 995. The van der Waals surface area contributed by atoms with E-state index in [-0.39, 0.29) is 11.9 Å². The van der Waals surface area contributed by atoms with Crippen molar-refractivity contribution >= 4 is 14.8 Å². The van der Waals surface area contributed by atoms with Crippen molar-refractivity contribution in [1.29, 1.82) is 0 Å². The van der Waals surface area contributed by atoms with E-state index in [9.17, 15) is 4.79 Å². The van der Waals surface area contributed by atoms with Crippen LogP contribution in [0.25, 0.3) is 11.1 Å². The predicted molar refractivity (Wildman–Crippen MR) is 184 cm³/mol. The summed E-state index contributed by atoms with van der Waals surface area (Å²) in [7, 11) is -2.54. The highest BCUT2D eigenvalue weighted by atomic mass is 28.4. The van der Waals surface area contributed by atoms with Gasteiger partial charge >= 0.3 is 14.8 Å². The Kier molecular flexibility index (Phi) is 20.8. The van der Waals surface area contributed by atoms with Crippen LogP contribution in [0.4, 0.5) is 0 Å². The van der Waals surface area contributed by atoms with Crippen molar-refractivity contribution in [1.82, 2.24) is 0 Å². The fourth-order valence-corrected chi connectivity index (χ4v) is 7.63. The number of carbonyl (C=O) groups is 1. The molecule has 0 heterocycles. The Morgan fingerprint density at radius 3 is 1.67 bits per heavy atom. The number of hydrogen-bond acceptors (Lipinski definition) is 7. The van der Waals surface area contributed by atoms with Crippen LogP contribution in [0, 0.1) is 5.92 Å². The van der Waals surface area contributed by atoms with Gasteiger partial charge in [-0.15, -0.1) is 0 Å². The van der Waals surface area contributed by atoms with Crippen molar-refractivity contribution in [3.8, 4) is 16.9 Å². The molecule has 0 bridgehead atoms. The summed E-state index contributed by atoms with van der Waals surface area (Å²) in [5.74, 6) is 0.714. The van der Waals surface area contributed by atoms with Gasteiger partial charge < -0.3 is 27.5 Å². The van der Waals surface area contributed by atoms with Crippen LogP contribution in [0.1, 0.15) is 104 Å². The average Bonchev–Trinajstić information content (AvgIpc) is 3.06. The Morgan fingerprint density at radius 2 is 1.13 bits per heavy atom. The second kappa shape index (κ2) is 24.0. The number of carbonyl (C=O) groups excluding carboxylic acids is 1. The summed E-state index contributed by atoms with van der Waals surface area (Å²) >= 11 is 0. The zero-order valence-corrected chi connectivity index (χ0v) is 29.8. The van der Waals surface area contributed by atoms with E-state index in [4.69, 9.17) is 27.5 Å². The molecule has 0 aromatic heterocycles. The average molecular weight is 645 g/mol. The molecule has 1 unspecified atom stereocenters. The van der Waals surface area contributed by atoms with Crippen molar-refractivity contribution in [2.75, 3.05) is 39.6 Å². The predicted octanol–water partition coefficient (Wildman–Crippen LogP) is 9.40. The molecule has 0 saturated heterocycles. The highest BCUT2D eigenvalue weighted by Crippen LogP contribution is 2.24. The normalized spacial score (nSPS) is 12.3. The van der Waals surface area contributed by atoms with Crippen molar-refractivity contribution < 1.29 is 32.3 Å². The Morgan fingerprint density at radius 1 is 0.644 bits per heavy atom. The number of hydrogen-bond donors (Lipinski definition) is 0. The van der Waals surface area contributed by atoms with Crippen LogP contribution >= 0.6 is 0 Å². The van der Waals surface area contributed by atoms with Crippen LogP contribution in [0.15, 0.2) is 48.5 Å². The number of esters is 1. The Hall–Kier alpha value is -2.23. The zero-order chi connectivity index (χ0) is 32.6. The molecular formula is C37H60O7Si. The summed E-state index contributed by atoms with van der Waals surface area (Å²) in [6.45, 7) is 14.4. The minimum absolute atomic E-state index is 0.0589. The largest absolute Gasteiger partial charge is 0.501 e. The smallest absolute Gasteiger partial charge is 0.494 e. The maximum Gasteiger partial charge on any atom is 0.501 e. The van der Waals surface area contributed by atoms with Crippen LogP contribution in [0.3, 0.4) is 0 Å². The lowest BCUT2D eigenvalue weighted by atomic mass is 10.0. The quantitative estimate of drug-likeness (QED) is 0.0545. The third kappa shape index (κ3) is 16.2. The lowest BCUT2D eigenvalue weighted by molar-refractivity contribution is -0.149. The van der Waals surface area contributed by atoms with Gasteiger partial charge in [0.25, 0.3) is 0 Å². The second-order valence-electron chi connectivity index (χ2n) is 11.5. The lowest BCUT2D eigenvalue weighted by Gasteiger charge is -2.28. The van der Waals surface area contributed by atoms with Crippen molar-refractivity contribution in [2.45, 2.75) is 111 Å². The first-order chi connectivity index (χ1) is 22.0. The van der Waals surface area contributed by atoms with Gasteiger partial charge in [0.2, 0.25) is 0 Å². The molecule has 0 N–H and O–H groups in total. The van der Waals surface area contributed by atoms with E-state index in [0.29, 0.717) is 26.4 Å². The summed E-state index contributed by atoms with van der Waals surface area (Å²) in [5.41, 5.74) is 3.27. The SMILES string of the molecule is CCO[Si](CCCOCCCCCCCCCCOc1ccc(-c2ccc(COC(=O)C(C)CC)cc2)cc1)(OCC)OCC. The molecule has 0 fully saturated rings. The molecule has 45 heavy (non-hydrogen) atoms. The van der Waals surface area contributed by atoms with Gasteiger partial charge in [0.05, 0.1) is 12.5 Å². The van der Waals surface area contributed by atoms with E-state index in [2.05, 4.69) is 24.3 Å². The third-order valence-corrected chi connectivity index (χ3v) is 11.0. The molecule has 0 saturated carbocycles. The van der Waals surface area contributed by atoms with Gasteiger partial charge in [0.15, 0.2) is 0 Å². The van der Waals surface area contributed by atoms with Crippen LogP contribution < -0.4 is 4.74 Å². The standard InChI is InChI=1S/C37H60O7Si/c1-6-32(5)37(38)41-31-33-19-21-34(22-20-33)35-23-25-36(26-24-35)40-29-17-15-13-11-10-12-14-16-27-39-28-18-30-45(42-7-2,43-8-3)44-9-4/h19-26,32H,6-18,27-31H2,1-5H3. The molecule has 0 amide bonds. The molecule has 0 spiro atoms.